The van der Waals surface area contributed by atoms with Gasteiger partial charge >= 0.3 is 6.18 Å². The number of rotatable bonds is 5. The fourth-order valence-corrected chi connectivity index (χ4v) is 2.77. The molecular formula is C11H12ClF3O4S. The largest absolute Gasteiger partial charge is 0.495 e. The van der Waals surface area contributed by atoms with E-state index in [4.69, 9.17) is 16.3 Å². The monoisotopic (exact) mass is 332 g/mol. The summed E-state index contributed by atoms with van der Waals surface area (Å²) in [5.41, 5.74) is -0.0576. The number of ether oxygens (including phenoxy) is 2. The van der Waals surface area contributed by atoms with Crippen LogP contribution in [0.4, 0.5) is 13.2 Å². The number of benzene rings is 1. The van der Waals surface area contributed by atoms with Crippen LogP contribution in [0.15, 0.2) is 17.0 Å². The highest BCUT2D eigenvalue weighted by atomic mass is 35.5. The number of halogens is 4. The lowest BCUT2D eigenvalue weighted by molar-refractivity contribution is -0.176. The van der Waals surface area contributed by atoms with Crippen LogP contribution in [0.3, 0.4) is 0 Å². The van der Waals surface area contributed by atoms with E-state index < -0.39 is 29.2 Å². The van der Waals surface area contributed by atoms with E-state index in [1.807, 2.05) is 0 Å². The predicted molar refractivity (Wildman–Crippen MR) is 66.8 cm³/mol. The molecule has 1 aromatic carbocycles. The van der Waals surface area contributed by atoms with Crippen molar-refractivity contribution in [3.63, 3.8) is 0 Å². The number of sulfone groups is 1. The van der Waals surface area contributed by atoms with Crippen molar-refractivity contribution >= 4 is 21.4 Å². The van der Waals surface area contributed by atoms with Gasteiger partial charge in [-0.05, 0) is 12.1 Å². The summed E-state index contributed by atoms with van der Waals surface area (Å²) in [5.74, 6) is 0.157. The molecule has 0 atom stereocenters. The topological polar surface area (TPSA) is 52.6 Å². The Hall–Kier alpha value is -0.990. The van der Waals surface area contributed by atoms with Crippen LogP contribution in [0.25, 0.3) is 0 Å². The van der Waals surface area contributed by atoms with Crippen LogP contribution in [0.2, 0.25) is 5.02 Å². The normalized spacial score (nSPS) is 12.5. The number of hydrogen-bond acceptors (Lipinski definition) is 4. The van der Waals surface area contributed by atoms with Gasteiger partial charge in [0.05, 0.1) is 23.6 Å². The smallest absolute Gasteiger partial charge is 0.411 e. The average molecular weight is 333 g/mol. The van der Waals surface area contributed by atoms with Gasteiger partial charge < -0.3 is 9.47 Å². The second-order valence-electron chi connectivity index (χ2n) is 3.94. The first kappa shape index (κ1) is 17.1. The van der Waals surface area contributed by atoms with Crippen LogP contribution in [0.1, 0.15) is 5.56 Å². The van der Waals surface area contributed by atoms with Gasteiger partial charge in [0.2, 0.25) is 0 Å². The van der Waals surface area contributed by atoms with Gasteiger partial charge in [-0.15, -0.1) is 0 Å². The summed E-state index contributed by atoms with van der Waals surface area (Å²) in [6.45, 7) is -2.08. The van der Waals surface area contributed by atoms with E-state index in [1.165, 1.54) is 19.2 Å². The molecule has 0 saturated heterocycles. The quantitative estimate of drug-likeness (QED) is 0.832. The van der Waals surface area contributed by atoms with Crippen molar-refractivity contribution < 1.29 is 31.1 Å². The molecule has 0 aliphatic heterocycles. The van der Waals surface area contributed by atoms with E-state index in [0.29, 0.717) is 0 Å². The lowest BCUT2D eigenvalue weighted by Crippen LogP contribution is -2.17. The maximum absolute atomic E-state index is 12.0. The van der Waals surface area contributed by atoms with E-state index in [2.05, 4.69) is 4.74 Å². The van der Waals surface area contributed by atoms with Gasteiger partial charge in [-0.2, -0.15) is 13.2 Å². The molecule has 20 heavy (non-hydrogen) atoms. The van der Waals surface area contributed by atoms with E-state index in [1.54, 1.807) is 0 Å². The molecule has 0 saturated carbocycles. The minimum Gasteiger partial charge on any atom is -0.495 e. The predicted octanol–water partition coefficient (Wildman–Crippen LogP) is 2.83. The zero-order valence-corrected chi connectivity index (χ0v) is 12.2. The SMILES string of the molecule is COc1ccc(S(C)(=O)=O)c(COCC(F)(F)F)c1Cl. The molecule has 4 nitrogen and oxygen atoms in total. The maximum atomic E-state index is 12.0. The van der Waals surface area contributed by atoms with Crippen molar-refractivity contribution in [3.05, 3.63) is 22.7 Å². The van der Waals surface area contributed by atoms with Crippen LogP contribution in [0, 0.1) is 0 Å². The van der Waals surface area contributed by atoms with E-state index >= 15 is 0 Å². The van der Waals surface area contributed by atoms with Gasteiger partial charge in [0.15, 0.2) is 9.84 Å². The molecule has 0 radical (unpaired) electrons. The van der Waals surface area contributed by atoms with Crippen molar-refractivity contribution in [2.75, 3.05) is 20.0 Å². The van der Waals surface area contributed by atoms with Gasteiger partial charge in [-0.1, -0.05) is 11.6 Å². The molecule has 1 aromatic rings. The molecular weight excluding hydrogens is 321 g/mol. The molecule has 0 N–H and O–H groups in total. The summed E-state index contributed by atoms with van der Waals surface area (Å²) in [4.78, 5) is -0.189. The molecule has 0 bridgehead atoms. The van der Waals surface area contributed by atoms with Crippen molar-refractivity contribution in [2.24, 2.45) is 0 Å². The minimum absolute atomic E-state index is 0.0576. The molecule has 0 aromatic heterocycles. The zero-order valence-electron chi connectivity index (χ0n) is 10.6. The van der Waals surface area contributed by atoms with Gasteiger partial charge in [-0.3, -0.25) is 0 Å². The lowest BCUT2D eigenvalue weighted by atomic mass is 10.2. The first-order valence-corrected chi connectivity index (χ1v) is 7.53. The van der Waals surface area contributed by atoms with E-state index in [-0.39, 0.29) is 21.2 Å². The summed E-state index contributed by atoms with van der Waals surface area (Å²) in [6, 6.07) is 2.54. The Kier molecular flexibility index (Phi) is 5.28. The fraction of sp³-hybridized carbons (Fsp3) is 0.455. The third-order valence-corrected chi connectivity index (χ3v) is 3.89. The first-order valence-electron chi connectivity index (χ1n) is 5.26. The Morgan fingerprint density at radius 3 is 2.35 bits per heavy atom. The summed E-state index contributed by atoms with van der Waals surface area (Å²) in [6.07, 6.45) is -3.57. The summed E-state index contributed by atoms with van der Waals surface area (Å²) in [7, 11) is -2.34. The Morgan fingerprint density at radius 2 is 1.90 bits per heavy atom. The van der Waals surface area contributed by atoms with Crippen LogP contribution in [0.5, 0.6) is 5.75 Å². The van der Waals surface area contributed by atoms with Crippen LogP contribution in [-0.2, 0) is 21.2 Å². The first-order chi connectivity index (χ1) is 9.06. The lowest BCUT2D eigenvalue weighted by Gasteiger charge is -2.14. The van der Waals surface area contributed by atoms with E-state index in [0.717, 1.165) is 6.26 Å². The maximum Gasteiger partial charge on any atom is 0.411 e. The average Bonchev–Trinajstić information content (AvgIpc) is 2.28. The standard InChI is InChI=1S/C11H12ClF3O4S/c1-18-8-3-4-9(20(2,16)17)7(10(8)12)5-19-6-11(13,14)15/h3-4H,5-6H2,1-2H3. The highest BCUT2D eigenvalue weighted by Crippen LogP contribution is 2.33. The summed E-state index contributed by atoms with van der Waals surface area (Å²) < 4.78 is 68.7. The minimum atomic E-state index is -4.50. The second-order valence-corrected chi connectivity index (χ2v) is 6.30. The highest BCUT2D eigenvalue weighted by Gasteiger charge is 2.28. The molecule has 1 rings (SSSR count). The third-order valence-electron chi connectivity index (χ3n) is 2.30. The van der Waals surface area contributed by atoms with Crippen LogP contribution in [-0.4, -0.2) is 34.6 Å². The number of methoxy groups -OCH3 is 1. The summed E-state index contributed by atoms with van der Waals surface area (Å²) in [5, 5.41) is -0.0856. The van der Waals surface area contributed by atoms with Crippen molar-refractivity contribution in [3.8, 4) is 5.75 Å². The van der Waals surface area contributed by atoms with Crippen LogP contribution < -0.4 is 4.74 Å². The van der Waals surface area contributed by atoms with Gasteiger partial charge in [0.1, 0.15) is 12.4 Å². The van der Waals surface area contributed by atoms with Gasteiger partial charge in [0.25, 0.3) is 0 Å². The molecule has 114 valence electrons. The van der Waals surface area contributed by atoms with Gasteiger partial charge in [0, 0.05) is 11.8 Å². The Morgan fingerprint density at radius 1 is 1.30 bits per heavy atom. The summed E-state index contributed by atoms with van der Waals surface area (Å²) >= 11 is 5.92. The molecule has 0 unspecified atom stereocenters. The zero-order chi connectivity index (χ0) is 15.6. The fourth-order valence-electron chi connectivity index (χ4n) is 1.49. The molecule has 0 aliphatic carbocycles. The second kappa shape index (κ2) is 6.19. The Bertz CT molecular complexity index is 584. The number of alkyl halides is 3. The molecule has 0 amide bonds. The van der Waals surface area contributed by atoms with Crippen molar-refractivity contribution in [1.29, 1.82) is 0 Å². The molecule has 0 heterocycles. The van der Waals surface area contributed by atoms with Crippen molar-refractivity contribution in [2.45, 2.75) is 17.7 Å². The Balaban J connectivity index is 3.13. The third kappa shape index (κ3) is 4.53. The Labute approximate surface area is 119 Å². The van der Waals surface area contributed by atoms with Gasteiger partial charge in [-0.25, -0.2) is 8.42 Å². The molecule has 0 spiro atoms. The molecule has 0 fully saturated rings. The van der Waals surface area contributed by atoms with Crippen LogP contribution >= 0.6 is 11.6 Å². The number of hydrogen-bond donors (Lipinski definition) is 0. The molecule has 0 aliphatic rings. The van der Waals surface area contributed by atoms with E-state index in [9.17, 15) is 21.6 Å². The van der Waals surface area contributed by atoms with Crippen molar-refractivity contribution in [1.82, 2.24) is 0 Å². The highest BCUT2D eigenvalue weighted by molar-refractivity contribution is 7.90. The molecule has 9 heteroatoms.